The molecule has 1 aromatic carbocycles. The second kappa shape index (κ2) is 6.95. The van der Waals surface area contributed by atoms with Crippen molar-refractivity contribution in [3.8, 4) is 5.75 Å². The van der Waals surface area contributed by atoms with E-state index in [4.69, 9.17) is 4.43 Å². The summed E-state index contributed by atoms with van der Waals surface area (Å²) in [4.78, 5) is 12.8. The number of benzene rings is 1. The van der Waals surface area contributed by atoms with E-state index in [2.05, 4.69) is 35.0 Å². The zero-order chi connectivity index (χ0) is 14.4. The third-order valence-electron chi connectivity index (χ3n) is 2.55. The molecule has 2 aromatic rings. The summed E-state index contributed by atoms with van der Waals surface area (Å²) in [6.07, 6.45) is 5.91. The zero-order valence-electron chi connectivity index (χ0n) is 12.0. The Balaban J connectivity index is 2.12. The minimum Gasteiger partial charge on any atom is -0.541 e. The number of hydrogen-bond donors (Lipinski definition) is 0. The van der Waals surface area contributed by atoms with Crippen molar-refractivity contribution in [2.75, 3.05) is 0 Å². The Hall–Kier alpha value is -2.01. The summed E-state index contributed by atoms with van der Waals surface area (Å²) in [5, 5.41) is 0. The number of aryl methyl sites for hydroxylation is 1. The van der Waals surface area contributed by atoms with Crippen LogP contribution in [0.2, 0.25) is 13.1 Å². The Morgan fingerprint density at radius 2 is 2.00 bits per heavy atom. The van der Waals surface area contributed by atoms with Crippen LogP contribution in [0.15, 0.2) is 41.7 Å². The van der Waals surface area contributed by atoms with E-state index in [1.54, 1.807) is 18.5 Å². The average Bonchev–Trinajstić information content (AvgIpc) is 2.42. The summed E-state index contributed by atoms with van der Waals surface area (Å²) >= 11 is 0. The molecule has 103 valence electrons. The highest BCUT2D eigenvalue weighted by Gasteiger charge is 2.06. The van der Waals surface area contributed by atoms with Gasteiger partial charge in [-0.15, -0.1) is 0 Å². The molecule has 20 heavy (non-hydrogen) atoms. The molecule has 0 unspecified atom stereocenters. The molecule has 0 amide bonds. The normalized spacial score (nSPS) is 11.2. The first kappa shape index (κ1) is 14.4. The van der Waals surface area contributed by atoms with E-state index in [9.17, 15) is 0 Å². The van der Waals surface area contributed by atoms with Crippen LogP contribution in [-0.2, 0) is 6.42 Å². The summed E-state index contributed by atoms with van der Waals surface area (Å²) in [7, 11) is -0.800. The van der Waals surface area contributed by atoms with Crippen LogP contribution in [0.3, 0.4) is 0 Å². The van der Waals surface area contributed by atoms with Gasteiger partial charge in [-0.05, 0) is 43.8 Å². The highest BCUT2D eigenvalue weighted by atomic mass is 28.3. The van der Waals surface area contributed by atoms with Crippen molar-refractivity contribution in [3.05, 3.63) is 48.0 Å². The van der Waals surface area contributed by atoms with Crippen molar-refractivity contribution in [2.24, 2.45) is 4.99 Å². The maximum absolute atomic E-state index is 5.89. The number of hydrogen-bond acceptors (Lipinski definition) is 4. The van der Waals surface area contributed by atoms with Gasteiger partial charge in [0.1, 0.15) is 17.3 Å². The molecule has 0 spiro atoms. The van der Waals surface area contributed by atoms with E-state index in [1.165, 1.54) is 5.56 Å². The quantitative estimate of drug-likeness (QED) is 0.625. The third kappa shape index (κ3) is 4.27. The van der Waals surface area contributed by atoms with Crippen molar-refractivity contribution >= 4 is 20.9 Å². The van der Waals surface area contributed by atoms with Gasteiger partial charge in [-0.25, -0.2) is 9.97 Å². The van der Waals surface area contributed by atoms with Gasteiger partial charge in [-0.1, -0.05) is 6.07 Å². The minimum atomic E-state index is -0.800. The Bertz CT molecular complexity index is 585. The minimum absolute atomic E-state index is 0.615. The molecule has 0 atom stereocenters. The molecule has 0 aliphatic rings. The first-order valence-electron chi connectivity index (χ1n) is 6.52. The summed E-state index contributed by atoms with van der Waals surface area (Å²) in [6.45, 7) is 6.27. The molecular weight excluding hydrogens is 266 g/mol. The first-order valence-corrected chi connectivity index (χ1v) is 8.93. The van der Waals surface area contributed by atoms with Crippen LogP contribution < -0.4 is 4.43 Å². The fraction of sp³-hybridized carbons (Fsp3) is 0.267. The lowest BCUT2D eigenvalue weighted by molar-refractivity contribution is 0.581. The fourth-order valence-electron chi connectivity index (χ4n) is 1.69. The zero-order valence-corrected chi connectivity index (χ0v) is 13.0. The Labute approximate surface area is 121 Å². The monoisotopic (exact) mass is 284 g/mol. The molecule has 1 heterocycles. The van der Waals surface area contributed by atoms with Gasteiger partial charge in [0.25, 0.3) is 9.04 Å². The molecule has 2 rings (SSSR count). The first-order chi connectivity index (χ1) is 9.65. The molecule has 0 N–H and O–H groups in total. The molecule has 0 bridgehead atoms. The molecule has 0 saturated heterocycles. The van der Waals surface area contributed by atoms with Crippen LogP contribution in [-0.4, -0.2) is 25.2 Å². The predicted molar refractivity (Wildman–Crippen MR) is 83.2 cm³/mol. The van der Waals surface area contributed by atoms with E-state index < -0.39 is 9.04 Å². The van der Waals surface area contributed by atoms with Gasteiger partial charge < -0.3 is 4.43 Å². The van der Waals surface area contributed by atoms with Crippen LogP contribution in [0.1, 0.15) is 11.4 Å². The molecule has 0 fully saturated rings. The molecular formula is C15H18N3OSi. The van der Waals surface area contributed by atoms with Gasteiger partial charge in [0.15, 0.2) is 0 Å². The second-order valence-electron chi connectivity index (χ2n) is 4.66. The molecule has 0 saturated carbocycles. The molecule has 0 aliphatic heterocycles. The molecule has 5 heteroatoms. The molecule has 1 radical (unpaired) electrons. The van der Waals surface area contributed by atoms with Crippen molar-refractivity contribution in [3.63, 3.8) is 0 Å². The number of aliphatic imine (C=N–C) groups is 1. The van der Waals surface area contributed by atoms with Crippen molar-refractivity contribution < 1.29 is 4.43 Å². The van der Waals surface area contributed by atoms with E-state index >= 15 is 0 Å². The largest absolute Gasteiger partial charge is 0.541 e. The fourth-order valence-corrected chi connectivity index (χ4v) is 2.29. The van der Waals surface area contributed by atoms with Crippen LogP contribution in [0.4, 0.5) is 5.69 Å². The van der Waals surface area contributed by atoms with E-state index in [0.717, 1.165) is 17.3 Å². The molecule has 0 aliphatic carbocycles. The molecule has 1 aromatic heterocycles. The summed E-state index contributed by atoms with van der Waals surface area (Å²) in [6, 6.07) is 7.86. The Kier molecular flexibility index (Phi) is 5.01. The Morgan fingerprint density at radius 1 is 1.25 bits per heavy atom. The van der Waals surface area contributed by atoms with E-state index in [-0.39, 0.29) is 0 Å². The van der Waals surface area contributed by atoms with Gasteiger partial charge in [-0.2, -0.15) is 0 Å². The van der Waals surface area contributed by atoms with Crippen LogP contribution >= 0.6 is 0 Å². The summed E-state index contributed by atoms with van der Waals surface area (Å²) in [5.41, 5.74) is 2.03. The Morgan fingerprint density at radius 3 is 2.70 bits per heavy atom. The number of aromatic nitrogens is 2. The smallest absolute Gasteiger partial charge is 0.274 e. The van der Waals surface area contributed by atoms with E-state index in [1.807, 2.05) is 24.4 Å². The lowest BCUT2D eigenvalue weighted by atomic mass is 10.2. The third-order valence-corrected chi connectivity index (χ3v) is 3.18. The lowest BCUT2D eigenvalue weighted by Crippen LogP contribution is -2.11. The highest BCUT2D eigenvalue weighted by molar-refractivity contribution is 6.49. The van der Waals surface area contributed by atoms with Crippen LogP contribution in [0.25, 0.3) is 0 Å². The summed E-state index contributed by atoms with van der Waals surface area (Å²) < 4.78 is 5.89. The topological polar surface area (TPSA) is 47.4 Å². The second-order valence-corrected chi connectivity index (χ2v) is 6.68. The number of nitrogens with zero attached hydrogens (tertiary/aromatic N) is 3. The maximum Gasteiger partial charge on any atom is 0.274 e. The summed E-state index contributed by atoms with van der Waals surface area (Å²) in [5.74, 6) is 1.62. The van der Waals surface area contributed by atoms with E-state index in [0.29, 0.717) is 6.42 Å². The predicted octanol–water partition coefficient (Wildman–Crippen LogP) is 3.36. The number of rotatable bonds is 5. The SMILES string of the molecule is Cc1ccc(N=CCc2ncccn2)c(O[Si](C)C)c1. The van der Waals surface area contributed by atoms with Gasteiger partial charge in [0, 0.05) is 25.0 Å². The lowest BCUT2D eigenvalue weighted by Gasteiger charge is -2.11. The maximum atomic E-state index is 5.89. The highest BCUT2D eigenvalue weighted by Crippen LogP contribution is 2.28. The van der Waals surface area contributed by atoms with Gasteiger partial charge in [0.2, 0.25) is 0 Å². The van der Waals surface area contributed by atoms with Gasteiger partial charge >= 0.3 is 0 Å². The van der Waals surface area contributed by atoms with Crippen molar-refractivity contribution in [2.45, 2.75) is 26.4 Å². The average molecular weight is 284 g/mol. The van der Waals surface area contributed by atoms with Crippen LogP contribution in [0, 0.1) is 6.92 Å². The van der Waals surface area contributed by atoms with Crippen LogP contribution in [0.5, 0.6) is 5.75 Å². The van der Waals surface area contributed by atoms with Gasteiger partial charge in [0.05, 0.1) is 0 Å². The van der Waals surface area contributed by atoms with Crippen molar-refractivity contribution in [1.29, 1.82) is 0 Å². The molecule has 4 nitrogen and oxygen atoms in total. The van der Waals surface area contributed by atoms with Crippen molar-refractivity contribution in [1.82, 2.24) is 9.97 Å². The van der Waals surface area contributed by atoms with Gasteiger partial charge in [-0.3, -0.25) is 4.99 Å². The standard InChI is InChI=1S/C15H18N3OSi/c1-12-5-6-13(14(11-12)19-20(2)3)16-10-7-15-17-8-4-9-18-15/h4-6,8-11H,7H2,1-3H3.